The van der Waals surface area contributed by atoms with Crippen molar-refractivity contribution in [3.8, 4) is 0 Å². The first kappa shape index (κ1) is 16.1. The number of nitrogens with one attached hydrogen (secondary N) is 1. The van der Waals surface area contributed by atoms with Gasteiger partial charge < -0.3 is 5.32 Å². The lowest BCUT2D eigenvalue weighted by Crippen LogP contribution is -2.21. The summed E-state index contributed by atoms with van der Waals surface area (Å²) in [6.45, 7) is 2.06. The van der Waals surface area contributed by atoms with E-state index in [1.807, 2.05) is 18.2 Å². The second kappa shape index (κ2) is 7.66. The van der Waals surface area contributed by atoms with Gasteiger partial charge in [0.15, 0.2) is 0 Å². The van der Waals surface area contributed by atoms with E-state index in [2.05, 4.69) is 54.1 Å². The molecule has 0 saturated carbocycles. The Hall–Kier alpha value is -1.27. The van der Waals surface area contributed by atoms with Gasteiger partial charge in [-0.05, 0) is 68.1 Å². The Morgan fingerprint density at radius 1 is 1.29 bits per heavy atom. The van der Waals surface area contributed by atoms with Gasteiger partial charge in [0.2, 0.25) is 5.91 Å². The maximum absolute atomic E-state index is 12.5. The molecule has 2 rings (SSSR count). The maximum atomic E-state index is 12.5. The Labute approximate surface area is 140 Å². The molecule has 0 aliphatic carbocycles. The summed E-state index contributed by atoms with van der Waals surface area (Å²) in [5, 5.41) is 2.87. The van der Waals surface area contributed by atoms with Gasteiger partial charge >= 0.3 is 0 Å². The van der Waals surface area contributed by atoms with E-state index in [9.17, 15) is 4.79 Å². The lowest BCUT2D eigenvalue weighted by molar-refractivity contribution is -0.117. The van der Waals surface area contributed by atoms with Crippen LogP contribution in [-0.4, -0.2) is 15.9 Å². The molecule has 1 unspecified atom stereocenters. The van der Waals surface area contributed by atoms with Crippen LogP contribution in [0.3, 0.4) is 0 Å². The molecule has 2 aromatic heterocycles. The number of anilines is 1. The Morgan fingerprint density at radius 2 is 2.10 bits per heavy atom. The van der Waals surface area contributed by atoms with Crippen molar-refractivity contribution in [1.82, 2.24) is 9.97 Å². The zero-order chi connectivity index (χ0) is 15.2. The fourth-order valence-electron chi connectivity index (χ4n) is 2.04. The molecule has 0 aliphatic heterocycles. The van der Waals surface area contributed by atoms with Crippen molar-refractivity contribution >= 4 is 43.6 Å². The Morgan fingerprint density at radius 3 is 2.71 bits per heavy atom. The Kier molecular flexibility index (Phi) is 5.87. The number of nitrogens with zero attached hydrogens (tertiary/aromatic N) is 2. The van der Waals surface area contributed by atoms with Crippen LogP contribution in [0.15, 0.2) is 45.7 Å². The van der Waals surface area contributed by atoms with E-state index in [1.54, 1.807) is 18.5 Å². The van der Waals surface area contributed by atoms with Crippen molar-refractivity contribution in [1.29, 1.82) is 0 Å². The SMILES string of the molecule is CCCC(C(=O)Nc1ccc(Br)cn1)c1ccnc(Br)c1. The minimum atomic E-state index is -0.209. The summed E-state index contributed by atoms with van der Waals surface area (Å²) in [6.07, 6.45) is 5.06. The van der Waals surface area contributed by atoms with Crippen LogP contribution in [0.1, 0.15) is 31.2 Å². The lowest BCUT2D eigenvalue weighted by Gasteiger charge is -2.16. The molecule has 4 nitrogen and oxygen atoms in total. The molecule has 110 valence electrons. The average molecular weight is 413 g/mol. The van der Waals surface area contributed by atoms with Crippen LogP contribution in [0.2, 0.25) is 0 Å². The quantitative estimate of drug-likeness (QED) is 0.734. The summed E-state index contributed by atoms with van der Waals surface area (Å²) in [5.41, 5.74) is 0.952. The number of amides is 1. The van der Waals surface area contributed by atoms with E-state index in [4.69, 9.17) is 0 Å². The van der Waals surface area contributed by atoms with E-state index < -0.39 is 0 Å². The summed E-state index contributed by atoms with van der Waals surface area (Å²) in [4.78, 5) is 20.8. The van der Waals surface area contributed by atoms with Crippen molar-refractivity contribution < 1.29 is 4.79 Å². The highest BCUT2D eigenvalue weighted by molar-refractivity contribution is 9.10. The zero-order valence-corrected chi connectivity index (χ0v) is 14.7. The van der Waals surface area contributed by atoms with E-state index in [0.29, 0.717) is 5.82 Å². The molecule has 1 amide bonds. The monoisotopic (exact) mass is 411 g/mol. The van der Waals surface area contributed by atoms with Crippen molar-refractivity contribution in [3.63, 3.8) is 0 Å². The van der Waals surface area contributed by atoms with E-state index >= 15 is 0 Å². The summed E-state index contributed by atoms with van der Waals surface area (Å²) >= 11 is 6.67. The van der Waals surface area contributed by atoms with Crippen molar-refractivity contribution in [2.24, 2.45) is 0 Å². The molecular formula is C15H15Br2N3O. The minimum Gasteiger partial charge on any atom is -0.310 e. The normalized spacial score (nSPS) is 12.0. The molecule has 0 spiro atoms. The first-order chi connectivity index (χ1) is 10.1. The fraction of sp³-hybridized carbons (Fsp3) is 0.267. The van der Waals surface area contributed by atoms with Crippen LogP contribution in [0.4, 0.5) is 5.82 Å². The van der Waals surface area contributed by atoms with Crippen LogP contribution in [0.25, 0.3) is 0 Å². The third-order valence-electron chi connectivity index (χ3n) is 3.03. The van der Waals surface area contributed by atoms with Crippen LogP contribution in [-0.2, 0) is 4.79 Å². The molecule has 0 aliphatic rings. The zero-order valence-electron chi connectivity index (χ0n) is 11.5. The highest BCUT2D eigenvalue weighted by atomic mass is 79.9. The van der Waals surface area contributed by atoms with E-state index in [1.165, 1.54) is 0 Å². The summed E-state index contributed by atoms with van der Waals surface area (Å²) < 4.78 is 1.61. The minimum absolute atomic E-state index is 0.0511. The van der Waals surface area contributed by atoms with Crippen LogP contribution in [0, 0.1) is 0 Å². The van der Waals surface area contributed by atoms with Gasteiger partial charge in [-0.25, -0.2) is 9.97 Å². The molecule has 2 heterocycles. The van der Waals surface area contributed by atoms with E-state index in [0.717, 1.165) is 27.5 Å². The van der Waals surface area contributed by atoms with Gasteiger partial charge in [-0.1, -0.05) is 13.3 Å². The van der Waals surface area contributed by atoms with Crippen LogP contribution in [0.5, 0.6) is 0 Å². The van der Waals surface area contributed by atoms with Gasteiger partial charge in [0, 0.05) is 16.9 Å². The first-order valence-electron chi connectivity index (χ1n) is 6.64. The molecular weight excluding hydrogens is 398 g/mol. The number of rotatable bonds is 5. The highest BCUT2D eigenvalue weighted by Crippen LogP contribution is 2.24. The van der Waals surface area contributed by atoms with Gasteiger partial charge in [0.25, 0.3) is 0 Å². The number of aromatic nitrogens is 2. The third kappa shape index (κ3) is 4.61. The summed E-state index contributed by atoms with van der Waals surface area (Å²) in [7, 11) is 0. The fourth-order valence-corrected chi connectivity index (χ4v) is 2.65. The smallest absolute Gasteiger partial charge is 0.233 e. The number of hydrogen-bond donors (Lipinski definition) is 1. The number of halogens is 2. The maximum Gasteiger partial charge on any atom is 0.233 e. The Bertz CT molecular complexity index is 617. The predicted molar refractivity (Wildman–Crippen MR) is 90.2 cm³/mol. The number of carbonyl (C=O) groups excluding carboxylic acids is 1. The van der Waals surface area contributed by atoms with E-state index in [-0.39, 0.29) is 11.8 Å². The highest BCUT2D eigenvalue weighted by Gasteiger charge is 2.20. The predicted octanol–water partition coefficient (Wildman–Crippen LogP) is 4.52. The van der Waals surface area contributed by atoms with Gasteiger partial charge in [-0.2, -0.15) is 0 Å². The largest absolute Gasteiger partial charge is 0.310 e. The molecule has 1 atom stereocenters. The third-order valence-corrected chi connectivity index (χ3v) is 3.93. The Balaban J connectivity index is 2.17. The topological polar surface area (TPSA) is 54.9 Å². The molecule has 0 fully saturated rings. The molecule has 6 heteroatoms. The average Bonchev–Trinajstić information content (AvgIpc) is 2.47. The standard InChI is InChI=1S/C15H15Br2N3O/c1-2-3-12(10-6-7-18-13(17)8-10)15(21)20-14-5-4-11(16)9-19-14/h4-9,12H,2-3H2,1H3,(H,19,20,21). The van der Waals surface area contributed by atoms with Gasteiger partial charge in [-0.15, -0.1) is 0 Å². The van der Waals surface area contributed by atoms with Crippen molar-refractivity contribution in [3.05, 3.63) is 51.3 Å². The van der Waals surface area contributed by atoms with Crippen molar-refractivity contribution in [2.45, 2.75) is 25.7 Å². The van der Waals surface area contributed by atoms with Gasteiger partial charge in [0.05, 0.1) is 5.92 Å². The molecule has 2 aromatic rings. The first-order valence-corrected chi connectivity index (χ1v) is 8.22. The summed E-state index contributed by atoms with van der Waals surface area (Å²) in [5.74, 6) is 0.293. The van der Waals surface area contributed by atoms with Crippen LogP contribution >= 0.6 is 31.9 Å². The molecule has 1 N–H and O–H groups in total. The molecule has 0 aromatic carbocycles. The molecule has 0 radical (unpaired) electrons. The molecule has 0 bridgehead atoms. The summed E-state index contributed by atoms with van der Waals surface area (Å²) in [6, 6.07) is 7.38. The van der Waals surface area contributed by atoms with Gasteiger partial charge in [-0.3, -0.25) is 4.79 Å². The lowest BCUT2D eigenvalue weighted by atomic mass is 9.94. The molecule has 21 heavy (non-hydrogen) atoms. The number of carbonyl (C=O) groups is 1. The number of hydrogen-bond acceptors (Lipinski definition) is 3. The molecule has 0 saturated heterocycles. The van der Waals surface area contributed by atoms with Crippen LogP contribution < -0.4 is 5.32 Å². The number of pyridine rings is 2. The van der Waals surface area contributed by atoms with Crippen molar-refractivity contribution in [2.75, 3.05) is 5.32 Å². The van der Waals surface area contributed by atoms with Gasteiger partial charge in [0.1, 0.15) is 10.4 Å². The second-order valence-electron chi connectivity index (χ2n) is 4.60. The second-order valence-corrected chi connectivity index (χ2v) is 6.33.